The van der Waals surface area contributed by atoms with Crippen molar-refractivity contribution in [3.63, 3.8) is 0 Å². The molecule has 0 spiro atoms. The van der Waals surface area contributed by atoms with Gasteiger partial charge in [-0.25, -0.2) is 4.98 Å². The summed E-state index contributed by atoms with van der Waals surface area (Å²) in [6.07, 6.45) is 5.82. The molecule has 2 aliphatic rings. The first kappa shape index (κ1) is 25.9. The number of nitrogens with zero attached hydrogens (tertiary/aromatic N) is 4. The van der Waals surface area contributed by atoms with Gasteiger partial charge in [-0.15, -0.1) is 0 Å². The van der Waals surface area contributed by atoms with Crippen molar-refractivity contribution in [1.82, 2.24) is 25.0 Å². The first-order valence-corrected chi connectivity index (χ1v) is 12.7. The Morgan fingerprint density at radius 2 is 1.76 bits per heavy atom. The van der Waals surface area contributed by atoms with Crippen LogP contribution < -0.4 is 16.5 Å². The van der Waals surface area contributed by atoms with Crippen LogP contribution in [-0.4, -0.2) is 68.9 Å². The summed E-state index contributed by atoms with van der Waals surface area (Å²) in [6.45, 7) is 9.00. The van der Waals surface area contributed by atoms with E-state index in [0.717, 1.165) is 16.6 Å². The van der Waals surface area contributed by atoms with E-state index in [0.29, 0.717) is 30.6 Å². The molecule has 2 saturated heterocycles. The highest BCUT2D eigenvalue weighted by atomic mass is 16.7. The molecule has 10 nitrogen and oxygen atoms in total. The predicted octanol–water partition coefficient (Wildman–Crippen LogP) is 2.01. The van der Waals surface area contributed by atoms with Gasteiger partial charge in [0.05, 0.1) is 23.0 Å². The highest BCUT2D eigenvalue weighted by Crippen LogP contribution is 2.36. The summed E-state index contributed by atoms with van der Waals surface area (Å²) in [5.41, 5.74) is 8.50. The van der Waals surface area contributed by atoms with Gasteiger partial charge >= 0.3 is 7.12 Å². The normalized spacial score (nSPS) is 20.1. The van der Waals surface area contributed by atoms with Crippen LogP contribution in [0.4, 0.5) is 5.82 Å². The summed E-state index contributed by atoms with van der Waals surface area (Å²) in [5, 5.41) is 7.18. The monoisotopic (exact) mass is 516 g/mol. The topological polar surface area (TPSA) is 125 Å². The number of pyridine rings is 1. The smallest absolute Gasteiger partial charge is 0.399 e. The molecule has 38 heavy (non-hydrogen) atoms. The molecule has 0 radical (unpaired) electrons. The molecular weight excluding hydrogens is 483 g/mol. The quantitative estimate of drug-likeness (QED) is 0.497. The van der Waals surface area contributed by atoms with Crippen LogP contribution in [0.2, 0.25) is 0 Å². The molecule has 3 aromatic rings. The lowest BCUT2D eigenvalue weighted by molar-refractivity contribution is 0.00578. The molecule has 0 bridgehead atoms. The molecule has 0 saturated carbocycles. The van der Waals surface area contributed by atoms with E-state index in [2.05, 4.69) is 15.4 Å². The standard InChI is InChI=1S/C27H33BN6O4/c1-26(2)27(3,4)38-28(37-26)20-8-6-17(7-9-20)25(36)34-11-10-21(16-34)32-24(35)22-12-18(13-30-23(22)29)19-14-31-33(5)15-19/h6-9,12-15,21H,10-11,16H2,1-5H3,(H2,29,30)(H,32,35)/t21-/m1/s1. The fourth-order valence-electron chi connectivity index (χ4n) is 4.66. The lowest BCUT2D eigenvalue weighted by Crippen LogP contribution is -2.41. The molecule has 2 aliphatic heterocycles. The number of benzene rings is 1. The second-order valence-electron chi connectivity index (χ2n) is 11.0. The minimum Gasteiger partial charge on any atom is -0.399 e. The van der Waals surface area contributed by atoms with E-state index < -0.39 is 18.3 Å². The Morgan fingerprint density at radius 1 is 1.08 bits per heavy atom. The number of aryl methyl sites for hydroxylation is 1. The van der Waals surface area contributed by atoms with E-state index >= 15 is 0 Å². The summed E-state index contributed by atoms with van der Waals surface area (Å²) in [7, 11) is 1.34. The van der Waals surface area contributed by atoms with Gasteiger partial charge in [0.1, 0.15) is 5.82 Å². The zero-order valence-electron chi connectivity index (χ0n) is 22.4. The summed E-state index contributed by atoms with van der Waals surface area (Å²) >= 11 is 0. The fraction of sp³-hybridized carbons (Fsp3) is 0.407. The van der Waals surface area contributed by atoms with Gasteiger partial charge in [-0.2, -0.15) is 5.10 Å². The number of likely N-dealkylation sites (tertiary alicyclic amines) is 1. The second-order valence-corrected chi connectivity index (χ2v) is 11.0. The fourth-order valence-corrected chi connectivity index (χ4v) is 4.66. The van der Waals surface area contributed by atoms with Crippen molar-refractivity contribution in [2.45, 2.75) is 51.4 Å². The number of nitrogen functional groups attached to an aromatic ring is 1. The minimum absolute atomic E-state index is 0.0815. The number of nitrogens with two attached hydrogens (primary N) is 1. The molecule has 4 heterocycles. The number of anilines is 1. The van der Waals surface area contributed by atoms with Crippen molar-refractivity contribution in [3.05, 3.63) is 60.0 Å². The lowest BCUT2D eigenvalue weighted by atomic mass is 9.79. The molecule has 1 aromatic carbocycles. The van der Waals surface area contributed by atoms with E-state index in [1.807, 2.05) is 53.1 Å². The van der Waals surface area contributed by atoms with Gasteiger partial charge in [0.25, 0.3) is 11.8 Å². The van der Waals surface area contributed by atoms with E-state index in [1.54, 1.807) is 40.2 Å². The zero-order valence-corrected chi connectivity index (χ0v) is 22.4. The van der Waals surface area contributed by atoms with Gasteiger partial charge in [-0.05, 0) is 57.8 Å². The first-order valence-electron chi connectivity index (χ1n) is 12.7. The largest absolute Gasteiger partial charge is 0.494 e. The Labute approximate surface area is 222 Å². The Bertz CT molecular complexity index is 1350. The maximum Gasteiger partial charge on any atom is 0.494 e. The van der Waals surface area contributed by atoms with Crippen LogP contribution in [0.25, 0.3) is 11.1 Å². The summed E-state index contributed by atoms with van der Waals surface area (Å²) in [6, 6.07) is 8.87. The SMILES string of the molecule is Cn1cc(-c2cnc(N)c(C(=O)N[C@@H]3CCN(C(=O)c4ccc(B5OC(C)(C)C(C)(C)O5)cc4)C3)c2)cn1. The highest BCUT2D eigenvalue weighted by molar-refractivity contribution is 6.62. The number of carbonyl (C=O) groups is 2. The number of nitrogens with one attached hydrogen (secondary N) is 1. The van der Waals surface area contributed by atoms with Gasteiger partial charge in [0.15, 0.2) is 0 Å². The number of aromatic nitrogens is 3. The Morgan fingerprint density at radius 3 is 2.39 bits per heavy atom. The zero-order chi connectivity index (χ0) is 27.2. The summed E-state index contributed by atoms with van der Waals surface area (Å²) in [5.74, 6) is -0.239. The van der Waals surface area contributed by atoms with Gasteiger partial charge in [-0.1, -0.05) is 12.1 Å². The molecule has 2 amide bonds. The maximum atomic E-state index is 13.2. The van der Waals surface area contributed by atoms with Crippen LogP contribution in [0.1, 0.15) is 54.8 Å². The number of hydrogen-bond acceptors (Lipinski definition) is 7. The molecule has 5 rings (SSSR count). The maximum absolute atomic E-state index is 13.2. The molecule has 2 fully saturated rings. The van der Waals surface area contributed by atoms with Crippen LogP contribution in [-0.2, 0) is 16.4 Å². The molecule has 1 atom stereocenters. The average molecular weight is 516 g/mol. The van der Waals surface area contributed by atoms with Crippen LogP contribution in [0, 0.1) is 0 Å². The number of amides is 2. The minimum atomic E-state index is -0.478. The third-order valence-corrected chi connectivity index (χ3v) is 7.70. The molecule has 0 aliphatic carbocycles. The predicted molar refractivity (Wildman–Crippen MR) is 145 cm³/mol. The molecule has 3 N–H and O–H groups in total. The summed E-state index contributed by atoms with van der Waals surface area (Å²) < 4.78 is 13.9. The van der Waals surface area contributed by atoms with Crippen LogP contribution in [0.3, 0.4) is 0 Å². The van der Waals surface area contributed by atoms with Gasteiger partial charge in [0.2, 0.25) is 0 Å². The molecule has 198 valence electrons. The van der Waals surface area contributed by atoms with Crippen molar-refractivity contribution in [3.8, 4) is 11.1 Å². The van der Waals surface area contributed by atoms with Gasteiger partial charge in [-0.3, -0.25) is 14.3 Å². The van der Waals surface area contributed by atoms with E-state index in [9.17, 15) is 9.59 Å². The van der Waals surface area contributed by atoms with E-state index in [4.69, 9.17) is 15.0 Å². The molecular formula is C27H33BN6O4. The van der Waals surface area contributed by atoms with Crippen molar-refractivity contribution in [2.75, 3.05) is 18.8 Å². The van der Waals surface area contributed by atoms with Crippen molar-refractivity contribution >= 4 is 30.2 Å². The molecule has 2 aromatic heterocycles. The van der Waals surface area contributed by atoms with Crippen molar-refractivity contribution < 1.29 is 18.9 Å². The van der Waals surface area contributed by atoms with E-state index in [1.165, 1.54) is 0 Å². The molecule has 11 heteroatoms. The van der Waals surface area contributed by atoms with Crippen LogP contribution >= 0.6 is 0 Å². The van der Waals surface area contributed by atoms with Crippen LogP contribution in [0.15, 0.2) is 48.9 Å². The Hall–Kier alpha value is -3.70. The second kappa shape index (κ2) is 9.56. The van der Waals surface area contributed by atoms with E-state index in [-0.39, 0.29) is 23.7 Å². The van der Waals surface area contributed by atoms with Gasteiger partial charge in [0, 0.05) is 55.3 Å². The lowest BCUT2D eigenvalue weighted by Gasteiger charge is -2.32. The van der Waals surface area contributed by atoms with Crippen LogP contribution in [0.5, 0.6) is 0 Å². The highest BCUT2D eigenvalue weighted by Gasteiger charge is 2.51. The van der Waals surface area contributed by atoms with Crippen molar-refractivity contribution in [1.29, 1.82) is 0 Å². The van der Waals surface area contributed by atoms with Crippen molar-refractivity contribution in [2.24, 2.45) is 7.05 Å². The first-order chi connectivity index (χ1) is 17.9. The van der Waals surface area contributed by atoms with Gasteiger partial charge < -0.3 is 25.3 Å². The number of carbonyl (C=O) groups excluding carboxylic acids is 2. The average Bonchev–Trinajstić information content (AvgIpc) is 3.57. The number of hydrogen-bond donors (Lipinski definition) is 2. The Balaban J connectivity index is 1.20. The third-order valence-electron chi connectivity index (χ3n) is 7.70. The Kier molecular flexibility index (Phi) is 6.52. The third kappa shape index (κ3) is 4.91. The summed E-state index contributed by atoms with van der Waals surface area (Å²) in [4.78, 5) is 32.1. The molecule has 0 unspecified atom stereocenters. The number of rotatable bonds is 5.